The van der Waals surface area contributed by atoms with Crippen molar-refractivity contribution < 1.29 is 13.9 Å². The largest absolute Gasteiger partial charge is 0.465 e. The maximum absolute atomic E-state index is 13.2. The molecule has 0 saturated carbocycles. The van der Waals surface area contributed by atoms with E-state index < -0.39 is 11.8 Å². The number of carbonyl (C=O) groups is 1. The van der Waals surface area contributed by atoms with E-state index in [4.69, 9.17) is 11.6 Å². The van der Waals surface area contributed by atoms with Crippen LogP contribution in [-0.4, -0.2) is 13.1 Å². The molecule has 0 aliphatic heterocycles. The molecule has 14 heavy (non-hydrogen) atoms. The van der Waals surface area contributed by atoms with Crippen LogP contribution in [0.15, 0.2) is 12.1 Å². The summed E-state index contributed by atoms with van der Waals surface area (Å²) in [6, 6.07) is 2.47. The summed E-state index contributed by atoms with van der Waals surface area (Å²) in [6.07, 6.45) is 0. The number of benzene rings is 1. The smallest absolute Gasteiger partial charge is 0.340 e. The maximum Gasteiger partial charge on any atom is 0.340 e. The SMILES string of the molecule is COC(=O)c1cc(CBr)c(Cl)cc1F. The maximum atomic E-state index is 13.2. The Morgan fingerprint density at radius 2 is 2.29 bits per heavy atom. The molecular weight excluding hydrogens is 274 g/mol. The molecule has 0 bridgehead atoms. The third-order valence-corrected chi connectivity index (χ3v) is 2.64. The fourth-order valence-corrected chi connectivity index (χ4v) is 1.81. The second kappa shape index (κ2) is 4.75. The van der Waals surface area contributed by atoms with Gasteiger partial charge in [0.25, 0.3) is 0 Å². The van der Waals surface area contributed by atoms with Crippen LogP contribution in [0.3, 0.4) is 0 Å². The van der Waals surface area contributed by atoms with E-state index in [9.17, 15) is 9.18 Å². The van der Waals surface area contributed by atoms with E-state index in [1.165, 1.54) is 13.2 Å². The molecule has 0 fully saturated rings. The van der Waals surface area contributed by atoms with Gasteiger partial charge in [-0.15, -0.1) is 0 Å². The van der Waals surface area contributed by atoms with Crippen molar-refractivity contribution in [3.63, 3.8) is 0 Å². The van der Waals surface area contributed by atoms with E-state index >= 15 is 0 Å². The van der Waals surface area contributed by atoms with Crippen molar-refractivity contribution in [1.29, 1.82) is 0 Å². The first kappa shape index (κ1) is 11.5. The molecule has 0 spiro atoms. The summed E-state index contributed by atoms with van der Waals surface area (Å²) >= 11 is 8.91. The molecule has 0 aromatic heterocycles. The number of esters is 1. The highest BCUT2D eigenvalue weighted by molar-refractivity contribution is 9.08. The van der Waals surface area contributed by atoms with Crippen molar-refractivity contribution in [3.05, 3.63) is 34.1 Å². The first-order valence-electron chi connectivity index (χ1n) is 3.72. The second-order valence-corrected chi connectivity index (χ2v) is 3.52. The van der Waals surface area contributed by atoms with Gasteiger partial charge in [0.1, 0.15) is 5.82 Å². The van der Waals surface area contributed by atoms with Crippen molar-refractivity contribution >= 4 is 33.5 Å². The molecule has 0 heterocycles. The van der Waals surface area contributed by atoms with Crippen molar-refractivity contribution in [3.8, 4) is 0 Å². The molecule has 0 aliphatic rings. The lowest BCUT2D eigenvalue weighted by atomic mass is 10.1. The highest BCUT2D eigenvalue weighted by Crippen LogP contribution is 2.23. The third kappa shape index (κ3) is 2.25. The quantitative estimate of drug-likeness (QED) is 0.615. The zero-order valence-corrected chi connectivity index (χ0v) is 9.65. The van der Waals surface area contributed by atoms with Gasteiger partial charge in [0, 0.05) is 10.4 Å². The van der Waals surface area contributed by atoms with Gasteiger partial charge in [-0.1, -0.05) is 27.5 Å². The van der Waals surface area contributed by atoms with Gasteiger partial charge in [0.15, 0.2) is 0 Å². The van der Waals surface area contributed by atoms with Crippen LogP contribution in [0.25, 0.3) is 0 Å². The van der Waals surface area contributed by atoms with Crippen molar-refractivity contribution in [2.45, 2.75) is 5.33 Å². The molecule has 0 N–H and O–H groups in total. The summed E-state index contributed by atoms with van der Waals surface area (Å²) < 4.78 is 17.6. The minimum absolute atomic E-state index is 0.105. The van der Waals surface area contributed by atoms with Crippen LogP contribution in [0.5, 0.6) is 0 Å². The third-order valence-electron chi connectivity index (χ3n) is 1.69. The Bertz CT molecular complexity index is 368. The standard InChI is InChI=1S/C9H7BrClFO2/c1-14-9(13)6-2-5(4-10)7(11)3-8(6)12/h2-3H,4H2,1H3. The Balaban J connectivity index is 3.24. The van der Waals surface area contributed by atoms with Gasteiger partial charge in [-0.2, -0.15) is 0 Å². The van der Waals surface area contributed by atoms with Gasteiger partial charge in [0.05, 0.1) is 12.7 Å². The normalized spacial score (nSPS) is 10.0. The zero-order chi connectivity index (χ0) is 10.7. The fraction of sp³-hybridized carbons (Fsp3) is 0.222. The molecule has 0 unspecified atom stereocenters. The van der Waals surface area contributed by atoms with Crippen LogP contribution in [0.4, 0.5) is 4.39 Å². The second-order valence-electron chi connectivity index (χ2n) is 2.55. The molecule has 2 nitrogen and oxygen atoms in total. The summed E-state index contributed by atoms with van der Waals surface area (Å²) in [5, 5.41) is 0.739. The number of rotatable bonds is 2. The Kier molecular flexibility index (Phi) is 3.89. The monoisotopic (exact) mass is 280 g/mol. The van der Waals surface area contributed by atoms with E-state index in [0.29, 0.717) is 10.9 Å². The Hall–Kier alpha value is -0.610. The lowest BCUT2D eigenvalue weighted by Crippen LogP contribution is -2.05. The number of methoxy groups -OCH3 is 1. The summed E-state index contributed by atoms with van der Waals surface area (Å²) in [7, 11) is 1.20. The van der Waals surface area contributed by atoms with Gasteiger partial charge in [-0.25, -0.2) is 9.18 Å². The van der Waals surface area contributed by atoms with Gasteiger partial charge in [-0.05, 0) is 17.7 Å². The molecule has 0 amide bonds. The van der Waals surface area contributed by atoms with Crippen molar-refractivity contribution in [2.75, 3.05) is 7.11 Å². The zero-order valence-electron chi connectivity index (χ0n) is 7.31. The van der Waals surface area contributed by atoms with Crippen LogP contribution < -0.4 is 0 Å². The van der Waals surface area contributed by atoms with Crippen LogP contribution >= 0.6 is 27.5 Å². The molecule has 1 rings (SSSR count). The molecule has 0 aliphatic carbocycles. The van der Waals surface area contributed by atoms with E-state index in [1.54, 1.807) is 0 Å². The van der Waals surface area contributed by atoms with E-state index in [1.807, 2.05) is 0 Å². The van der Waals surface area contributed by atoms with E-state index in [2.05, 4.69) is 20.7 Å². The fourth-order valence-electron chi connectivity index (χ4n) is 0.963. The molecule has 76 valence electrons. The van der Waals surface area contributed by atoms with Crippen molar-refractivity contribution in [1.82, 2.24) is 0 Å². The summed E-state index contributed by atoms with van der Waals surface area (Å²) in [5.74, 6) is -1.38. The molecule has 5 heteroatoms. The average molecular weight is 282 g/mol. The summed E-state index contributed by atoms with van der Waals surface area (Å²) in [5.41, 5.74) is 0.541. The average Bonchev–Trinajstić information content (AvgIpc) is 2.17. The molecule has 0 saturated heterocycles. The first-order chi connectivity index (χ1) is 6.60. The Labute approximate surface area is 94.1 Å². The molecule has 0 atom stereocenters. The van der Waals surface area contributed by atoms with Gasteiger partial charge in [0.2, 0.25) is 0 Å². The minimum Gasteiger partial charge on any atom is -0.465 e. The summed E-state index contributed by atoms with van der Waals surface area (Å²) in [6.45, 7) is 0. The van der Waals surface area contributed by atoms with E-state index in [0.717, 1.165) is 6.07 Å². The highest BCUT2D eigenvalue weighted by atomic mass is 79.9. The predicted molar refractivity (Wildman–Crippen MR) is 55.4 cm³/mol. The molecule has 1 aromatic rings. The topological polar surface area (TPSA) is 26.3 Å². The number of hydrogen-bond acceptors (Lipinski definition) is 2. The lowest BCUT2D eigenvalue weighted by Gasteiger charge is -2.05. The van der Waals surface area contributed by atoms with Gasteiger partial charge >= 0.3 is 5.97 Å². The van der Waals surface area contributed by atoms with E-state index in [-0.39, 0.29) is 10.6 Å². The Morgan fingerprint density at radius 1 is 1.64 bits per heavy atom. The predicted octanol–water partition coefficient (Wildman–Crippen LogP) is 3.16. The molecule has 1 aromatic carbocycles. The van der Waals surface area contributed by atoms with Crippen LogP contribution in [0.1, 0.15) is 15.9 Å². The highest BCUT2D eigenvalue weighted by Gasteiger charge is 2.14. The number of ether oxygens (including phenoxy) is 1. The van der Waals surface area contributed by atoms with Gasteiger partial charge < -0.3 is 4.74 Å². The van der Waals surface area contributed by atoms with Crippen LogP contribution in [0, 0.1) is 5.82 Å². The number of hydrogen-bond donors (Lipinski definition) is 0. The van der Waals surface area contributed by atoms with Crippen LogP contribution in [-0.2, 0) is 10.1 Å². The summed E-state index contributed by atoms with van der Waals surface area (Å²) in [4.78, 5) is 11.1. The minimum atomic E-state index is -0.707. The lowest BCUT2D eigenvalue weighted by molar-refractivity contribution is 0.0595. The van der Waals surface area contributed by atoms with Crippen LogP contribution in [0.2, 0.25) is 5.02 Å². The Morgan fingerprint density at radius 3 is 2.79 bits per heavy atom. The first-order valence-corrected chi connectivity index (χ1v) is 5.22. The number of alkyl halides is 1. The molecule has 0 radical (unpaired) electrons. The van der Waals surface area contributed by atoms with Crippen molar-refractivity contribution in [2.24, 2.45) is 0 Å². The number of halogens is 3. The molecular formula is C9H7BrClFO2. The number of carbonyl (C=O) groups excluding carboxylic acids is 1. The van der Waals surface area contributed by atoms with Gasteiger partial charge in [-0.3, -0.25) is 0 Å².